The van der Waals surface area contributed by atoms with Crippen LogP contribution in [0.3, 0.4) is 0 Å². The van der Waals surface area contributed by atoms with Crippen LogP contribution in [0.4, 0.5) is 0 Å². The molecule has 0 aliphatic rings. The van der Waals surface area contributed by atoms with Crippen LogP contribution in [-0.4, -0.2) is 49.1 Å². The smallest absolute Gasteiger partial charge is 0.0177 e. The summed E-state index contributed by atoms with van der Waals surface area (Å²) in [7, 11) is 2.23. The van der Waals surface area contributed by atoms with Gasteiger partial charge in [0.1, 0.15) is 0 Å². The van der Waals surface area contributed by atoms with E-state index < -0.39 is 0 Å². The van der Waals surface area contributed by atoms with Gasteiger partial charge in [0.05, 0.1) is 0 Å². The van der Waals surface area contributed by atoms with Crippen LogP contribution in [0, 0.1) is 0 Å². The Morgan fingerprint density at radius 1 is 1.10 bits per heavy atom. The van der Waals surface area contributed by atoms with Gasteiger partial charge in [-0.1, -0.05) is 37.3 Å². The van der Waals surface area contributed by atoms with Crippen LogP contribution in [0.15, 0.2) is 30.3 Å². The second-order valence-corrected chi connectivity index (χ2v) is 8.25. The Morgan fingerprint density at radius 2 is 1.71 bits per heavy atom. The molecule has 120 valence electrons. The molecule has 0 spiro atoms. The first-order chi connectivity index (χ1) is 9.77. The van der Waals surface area contributed by atoms with Crippen molar-refractivity contribution in [2.75, 3.05) is 38.7 Å². The highest BCUT2D eigenvalue weighted by Gasteiger charge is 2.29. The fourth-order valence-corrected chi connectivity index (χ4v) is 2.97. The van der Waals surface area contributed by atoms with Gasteiger partial charge >= 0.3 is 0 Å². The molecule has 1 aromatic rings. The maximum absolute atomic E-state index is 3.69. The van der Waals surface area contributed by atoms with Crippen LogP contribution in [0.2, 0.25) is 0 Å². The van der Waals surface area contributed by atoms with Gasteiger partial charge in [-0.2, -0.15) is 11.8 Å². The first-order valence-electron chi connectivity index (χ1n) is 7.75. The summed E-state index contributed by atoms with van der Waals surface area (Å²) in [6.07, 6.45) is 2.17. The van der Waals surface area contributed by atoms with Crippen molar-refractivity contribution in [1.29, 1.82) is 0 Å². The number of likely N-dealkylation sites (N-methyl/N-ethyl adjacent to an activating group) is 1. The van der Waals surface area contributed by atoms with E-state index in [0.29, 0.717) is 0 Å². The number of benzene rings is 1. The Labute approximate surface area is 135 Å². The third kappa shape index (κ3) is 6.86. The third-order valence-electron chi connectivity index (χ3n) is 3.78. The Balaban J connectivity index is 2.83. The number of nitrogens with one attached hydrogen (secondary N) is 1. The van der Waals surface area contributed by atoms with E-state index in [1.54, 1.807) is 0 Å². The maximum atomic E-state index is 3.69. The van der Waals surface area contributed by atoms with Crippen molar-refractivity contribution in [3.8, 4) is 0 Å². The van der Waals surface area contributed by atoms with Crippen LogP contribution >= 0.6 is 11.8 Å². The molecule has 0 saturated heterocycles. The largest absolute Gasteiger partial charge is 0.311 e. The van der Waals surface area contributed by atoms with Crippen LogP contribution < -0.4 is 5.32 Å². The van der Waals surface area contributed by atoms with Crippen molar-refractivity contribution in [1.82, 2.24) is 10.2 Å². The van der Waals surface area contributed by atoms with E-state index in [2.05, 4.69) is 81.5 Å². The zero-order chi connectivity index (χ0) is 15.9. The van der Waals surface area contributed by atoms with Crippen molar-refractivity contribution >= 4 is 11.8 Å². The molecule has 0 amide bonds. The number of rotatable bonds is 8. The summed E-state index contributed by atoms with van der Waals surface area (Å²) in [4.78, 5) is 2.45. The van der Waals surface area contributed by atoms with Gasteiger partial charge in [-0.25, -0.2) is 0 Å². The minimum Gasteiger partial charge on any atom is -0.311 e. The number of hydrogen-bond acceptors (Lipinski definition) is 3. The predicted octanol–water partition coefficient (Wildman–Crippen LogP) is 3.63. The van der Waals surface area contributed by atoms with E-state index in [0.717, 1.165) is 19.6 Å². The van der Waals surface area contributed by atoms with Gasteiger partial charge in [-0.15, -0.1) is 0 Å². The molecule has 3 heteroatoms. The predicted molar refractivity (Wildman–Crippen MR) is 97.4 cm³/mol. The second kappa shape index (κ2) is 8.21. The second-order valence-electron chi connectivity index (χ2n) is 7.26. The van der Waals surface area contributed by atoms with Gasteiger partial charge in [-0.3, -0.25) is 0 Å². The lowest BCUT2D eigenvalue weighted by Crippen LogP contribution is -2.49. The average molecular weight is 309 g/mol. The molecule has 0 heterocycles. The molecule has 0 fully saturated rings. The van der Waals surface area contributed by atoms with E-state index in [1.807, 2.05) is 11.8 Å². The van der Waals surface area contributed by atoms with E-state index in [4.69, 9.17) is 0 Å². The molecule has 1 aromatic carbocycles. The molecule has 1 rings (SSSR count). The topological polar surface area (TPSA) is 15.3 Å². The number of hydrogen-bond donors (Lipinski definition) is 1. The molecule has 1 unspecified atom stereocenters. The molecule has 0 aliphatic heterocycles. The first kappa shape index (κ1) is 18.5. The summed E-state index contributed by atoms with van der Waals surface area (Å²) in [5.74, 6) is 1.19. The molecule has 0 saturated carbocycles. The summed E-state index contributed by atoms with van der Waals surface area (Å²) >= 11 is 1.91. The molecule has 0 bridgehead atoms. The number of nitrogens with zero attached hydrogens (tertiary/aromatic N) is 1. The molecule has 0 radical (unpaired) electrons. The van der Waals surface area contributed by atoms with Gasteiger partial charge in [0.15, 0.2) is 0 Å². The Hall–Kier alpha value is -0.510. The van der Waals surface area contributed by atoms with E-state index >= 15 is 0 Å². The lowest BCUT2D eigenvalue weighted by molar-refractivity contribution is 0.245. The molecule has 1 atom stereocenters. The molecule has 21 heavy (non-hydrogen) atoms. The molecule has 0 aliphatic carbocycles. The van der Waals surface area contributed by atoms with Gasteiger partial charge in [-0.05, 0) is 39.6 Å². The van der Waals surface area contributed by atoms with Crippen molar-refractivity contribution in [3.05, 3.63) is 35.9 Å². The highest BCUT2D eigenvalue weighted by Crippen LogP contribution is 2.25. The summed E-state index contributed by atoms with van der Waals surface area (Å²) in [5.41, 5.74) is 1.69. The van der Waals surface area contributed by atoms with Crippen molar-refractivity contribution in [2.24, 2.45) is 0 Å². The van der Waals surface area contributed by atoms with E-state index in [-0.39, 0.29) is 11.0 Å². The minimum absolute atomic E-state index is 0.127. The van der Waals surface area contributed by atoms with Crippen molar-refractivity contribution in [3.63, 3.8) is 0 Å². The molecular formula is C18H32N2S. The summed E-state index contributed by atoms with van der Waals surface area (Å²) in [6.45, 7) is 12.3. The van der Waals surface area contributed by atoms with E-state index in [1.165, 1.54) is 11.3 Å². The Morgan fingerprint density at radius 3 is 2.24 bits per heavy atom. The normalized spacial score (nSPS) is 15.2. The standard InChI is InChI=1S/C18H32N2S/c1-17(2,3)19-14-18(4,15-20(5)12-13-21-6)16-10-8-7-9-11-16/h7-11,19H,12-15H2,1-6H3. The van der Waals surface area contributed by atoms with Gasteiger partial charge in [0.2, 0.25) is 0 Å². The van der Waals surface area contributed by atoms with Crippen molar-refractivity contribution in [2.45, 2.75) is 38.6 Å². The highest BCUT2D eigenvalue weighted by molar-refractivity contribution is 7.98. The zero-order valence-electron chi connectivity index (χ0n) is 14.6. The maximum Gasteiger partial charge on any atom is 0.0177 e. The van der Waals surface area contributed by atoms with Crippen LogP contribution in [0.25, 0.3) is 0 Å². The highest BCUT2D eigenvalue weighted by atomic mass is 32.2. The molecular weight excluding hydrogens is 276 g/mol. The van der Waals surface area contributed by atoms with Gasteiger partial charge in [0, 0.05) is 36.3 Å². The lowest BCUT2D eigenvalue weighted by Gasteiger charge is -2.37. The Kier molecular flexibility index (Phi) is 7.25. The molecule has 0 aromatic heterocycles. The fraction of sp³-hybridized carbons (Fsp3) is 0.667. The van der Waals surface area contributed by atoms with E-state index in [9.17, 15) is 0 Å². The fourth-order valence-electron chi connectivity index (χ4n) is 2.47. The lowest BCUT2D eigenvalue weighted by atomic mass is 9.81. The summed E-state index contributed by atoms with van der Waals surface area (Å²) in [5, 5.41) is 3.69. The SMILES string of the molecule is CSCCN(C)CC(C)(CNC(C)(C)C)c1ccccc1. The van der Waals surface area contributed by atoms with Crippen LogP contribution in [0.5, 0.6) is 0 Å². The molecule has 1 N–H and O–H groups in total. The van der Waals surface area contributed by atoms with Crippen molar-refractivity contribution < 1.29 is 0 Å². The number of thioether (sulfide) groups is 1. The summed E-state index contributed by atoms with van der Waals surface area (Å²) in [6, 6.07) is 10.9. The van der Waals surface area contributed by atoms with Crippen LogP contribution in [0.1, 0.15) is 33.3 Å². The zero-order valence-corrected chi connectivity index (χ0v) is 15.4. The average Bonchev–Trinajstić information content (AvgIpc) is 2.43. The third-order valence-corrected chi connectivity index (χ3v) is 4.37. The first-order valence-corrected chi connectivity index (χ1v) is 9.14. The molecule has 2 nitrogen and oxygen atoms in total. The Bertz CT molecular complexity index is 399. The minimum atomic E-state index is 0.127. The van der Waals surface area contributed by atoms with Gasteiger partial charge in [0.25, 0.3) is 0 Å². The summed E-state index contributed by atoms with van der Waals surface area (Å²) < 4.78 is 0. The monoisotopic (exact) mass is 308 g/mol. The van der Waals surface area contributed by atoms with Gasteiger partial charge < -0.3 is 10.2 Å². The van der Waals surface area contributed by atoms with Crippen LogP contribution in [-0.2, 0) is 5.41 Å². The quantitative estimate of drug-likeness (QED) is 0.789.